The Morgan fingerprint density at radius 1 is 1.24 bits per heavy atom. The maximum atomic E-state index is 12.2. The summed E-state index contributed by atoms with van der Waals surface area (Å²) in [6.45, 7) is 4.85. The molecule has 0 fully saturated rings. The molecule has 0 aliphatic rings. The van der Waals surface area contributed by atoms with E-state index in [1.807, 2.05) is 31.1 Å². The van der Waals surface area contributed by atoms with E-state index in [-0.39, 0.29) is 4.90 Å². The summed E-state index contributed by atoms with van der Waals surface area (Å²) in [7, 11) is 0.338. The van der Waals surface area contributed by atoms with Crippen LogP contribution in [0.25, 0.3) is 0 Å². The zero-order valence-corrected chi connectivity index (χ0v) is 15.2. The molecule has 0 saturated heterocycles. The van der Waals surface area contributed by atoms with Crippen molar-refractivity contribution in [3.05, 3.63) is 28.2 Å². The molecule has 1 aromatic carbocycles. The van der Waals surface area contributed by atoms with Gasteiger partial charge in [-0.05, 0) is 60.7 Å². The van der Waals surface area contributed by atoms with Gasteiger partial charge in [-0.15, -0.1) is 0 Å². The van der Waals surface area contributed by atoms with E-state index in [4.69, 9.17) is 0 Å². The molecule has 0 aliphatic heterocycles. The van der Waals surface area contributed by atoms with E-state index in [9.17, 15) is 8.42 Å². The molecular formula is C14H24BrN3O2S. The molecule has 1 aromatic rings. The highest BCUT2D eigenvalue weighted by Gasteiger charge is 2.17. The summed E-state index contributed by atoms with van der Waals surface area (Å²) in [5.74, 6) is 0. The van der Waals surface area contributed by atoms with Crippen molar-refractivity contribution in [2.75, 3.05) is 33.7 Å². The van der Waals surface area contributed by atoms with Crippen molar-refractivity contribution in [3.63, 3.8) is 0 Å². The van der Waals surface area contributed by atoms with Crippen molar-refractivity contribution in [2.45, 2.75) is 24.8 Å². The minimum absolute atomic E-state index is 0.278. The first-order chi connectivity index (χ1) is 9.86. The third-order valence-corrected chi connectivity index (χ3v) is 5.33. The number of likely N-dealkylation sites (N-methyl/N-ethyl adjacent to an activating group) is 1. The number of benzene rings is 1. The fourth-order valence-electron chi connectivity index (χ4n) is 1.76. The van der Waals surface area contributed by atoms with Crippen LogP contribution in [0.15, 0.2) is 27.6 Å². The summed E-state index contributed by atoms with van der Waals surface area (Å²) in [6, 6.07) is 5.34. The molecule has 21 heavy (non-hydrogen) atoms. The van der Waals surface area contributed by atoms with Gasteiger partial charge in [0, 0.05) is 24.1 Å². The smallest absolute Gasteiger partial charge is 0.241 e. The van der Waals surface area contributed by atoms with E-state index >= 15 is 0 Å². The van der Waals surface area contributed by atoms with E-state index in [1.54, 1.807) is 6.07 Å². The van der Waals surface area contributed by atoms with E-state index in [1.165, 1.54) is 0 Å². The molecule has 0 aliphatic carbocycles. The Hall–Kier alpha value is -0.470. The van der Waals surface area contributed by atoms with Crippen LogP contribution in [-0.4, -0.2) is 47.0 Å². The molecule has 5 nitrogen and oxygen atoms in total. The molecule has 1 rings (SSSR count). The second-order valence-electron chi connectivity index (χ2n) is 5.14. The van der Waals surface area contributed by atoms with Crippen molar-refractivity contribution < 1.29 is 8.42 Å². The lowest BCUT2D eigenvalue weighted by atomic mass is 10.2. The van der Waals surface area contributed by atoms with Crippen LogP contribution >= 0.6 is 15.9 Å². The summed E-state index contributed by atoms with van der Waals surface area (Å²) in [5.41, 5.74) is 1.06. The summed E-state index contributed by atoms with van der Waals surface area (Å²) in [4.78, 5) is 2.21. The molecule has 0 atom stereocenters. The fourth-order valence-corrected chi connectivity index (χ4v) is 3.91. The summed E-state index contributed by atoms with van der Waals surface area (Å²) < 4.78 is 27.7. The van der Waals surface area contributed by atoms with Crippen LogP contribution in [0.1, 0.15) is 18.9 Å². The molecule has 0 aromatic heterocycles. The number of sulfonamides is 1. The molecule has 0 amide bonds. The summed E-state index contributed by atoms with van der Waals surface area (Å²) >= 11 is 3.36. The Bertz CT molecular complexity index is 547. The molecule has 0 bridgehead atoms. The predicted octanol–water partition coefficient (Wildman–Crippen LogP) is 1.79. The largest absolute Gasteiger partial charge is 0.313 e. The predicted molar refractivity (Wildman–Crippen MR) is 89.9 cm³/mol. The molecule has 0 radical (unpaired) electrons. The highest BCUT2D eigenvalue weighted by molar-refractivity contribution is 9.10. The quantitative estimate of drug-likeness (QED) is 0.644. The third-order valence-electron chi connectivity index (χ3n) is 2.89. The van der Waals surface area contributed by atoms with Crippen LogP contribution < -0.4 is 10.0 Å². The van der Waals surface area contributed by atoms with Crippen LogP contribution in [0.4, 0.5) is 0 Å². The normalized spacial score (nSPS) is 12.0. The Morgan fingerprint density at radius 2 is 1.95 bits per heavy atom. The molecule has 2 N–H and O–H groups in total. The van der Waals surface area contributed by atoms with Crippen LogP contribution in [0, 0.1) is 0 Å². The minimum atomic E-state index is -3.47. The Morgan fingerprint density at radius 3 is 2.52 bits per heavy atom. The second-order valence-corrected chi connectivity index (χ2v) is 7.73. The van der Waals surface area contributed by atoms with Crippen LogP contribution in [0.5, 0.6) is 0 Å². The molecule has 0 saturated carbocycles. The van der Waals surface area contributed by atoms with Crippen molar-refractivity contribution in [1.82, 2.24) is 14.9 Å². The first-order valence-electron chi connectivity index (χ1n) is 7.00. The Balaban J connectivity index is 2.74. The van der Waals surface area contributed by atoms with Crippen molar-refractivity contribution in [3.8, 4) is 0 Å². The van der Waals surface area contributed by atoms with Gasteiger partial charge in [0.05, 0.1) is 4.90 Å². The lowest BCUT2D eigenvalue weighted by molar-refractivity contribution is 0.412. The highest BCUT2D eigenvalue weighted by Crippen LogP contribution is 2.23. The number of hydrogen-bond donors (Lipinski definition) is 2. The van der Waals surface area contributed by atoms with Gasteiger partial charge in [-0.3, -0.25) is 0 Å². The molecule has 0 heterocycles. The van der Waals surface area contributed by atoms with Gasteiger partial charge in [0.15, 0.2) is 0 Å². The first kappa shape index (κ1) is 18.6. The van der Waals surface area contributed by atoms with E-state index in [2.05, 4.69) is 32.9 Å². The van der Waals surface area contributed by atoms with E-state index in [0.717, 1.165) is 25.1 Å². The van der Waals surface area contributed by atoms with Gasteiger partial charge in [-0.1, -0.05) is 13.0 Å². The maximum absolute atomic E-state index is 12.2. The van der Waals surface area contributed by atoms with Crippen molar-refractivity contribution in [1.29, 1.82) is 0 Å². The van der Waals surface area contributed by atoms with Crippen LogP contribution in [0.3, 0.4) is 0 Å². The average molecular weight is 378 g/mol. The number of nitrogens with one attached hydrogen (secondary N) is 2. The zero-order chi connectivity index (χ0) is 15.9. The molecular weight excluding hydrogens is 354 g/mol. The SMILES string of the molecule is CCCNCc1ccc(S(=O)(=O)NCCN(C)C)c(Br)c1. The van der Waals surface area contributed by atoms with Gasteiger partial charge in [-0.2, -0.15) is 0 Å². The fraction of sp³-hybridized carbons (Fsp3) is 0.571. The lowest BCUT2D eigenvalue weighted by Crippen LogP contribution is -2.31. The van der Waals surface area contributed by atoms with Gasteiger partial charge >= 0.3 is 0 Å². The van der Waals surface area contributed by atoms with Crippen LogP contribution in [-0.2, 0) is 16.6 Å². The van der Waals surface area contributed by atoms with Crippen LogP contribution in [0.2, 0.25) is 0 Å². The minimum Gasteiger partial charge on any atom is -0.313 e. The molecule has 0 spiro atoms. The van der Waals surface area contributed by atoms with Gasteiger partial charge in [0.1, 0.15) is 0 Å². The van der Waals surface area contributed by atoms with E-state index < -0.39 is 10.0 Å². The second kappa shape index (κ2) is 8.85. The molecule has 7 heteroatoms. The van der Waals surface area contributed by atoms with Crippen molar-refractivity contribution in [2.24, 2.45) is 0 Å². The molecule has 120 valence electrons. The standard InChI is InChI=1S/C14H24BrN3O2S/c1-4-7-16-11-12-5-6-14(13(15)10-12)21(19,20)17-8-9-18(2)3/h5-6,10,16-17H,4,7-9,11H2,1-3H3. The zero-order valence-electron chi connectivity index (χ0n) is 12.8. The number of rotatable bonds is 9. The average Bonchev–Trinajstić information content (AvgIpc) is 2.38. The Labute approximate surface area is 136 Å². The number of nitrogens with zero attached hydrogens (tertiary/aromatic N) is 1. The third kappa shape index (κ3) is 6.44. The van der Waals surface area contributed by atoms with Crippen molar-refractivity contribution >= 4 is 26.0 Å². The Kier molecular flexibility index (Phi) is 7.83. The monoisotopic (exact) mass is 377 g/mol. The van der Waals surface area contributed by atoms with Gasteiger partial charge < -0.3 is 10.2 Å². The topological polar surface area (TPSA) is 61.4 Å². The van der Waals surface area contributed by atoms with Gasteiger partial charge in [0.2, 0.25) is 10.0 Å². The summed E-state index contributed by atoms with van der Waals surface area (Å²) in [6.07, 6.45) is 1.07. The summed E-state index contributed by atoms with van der Waals surface area (Å²) in [5, 5.41) is 3.29. The highest BCUT2D eigenvalue weighted by atomic mass is 79.9. The maximum Gasteiger partial charge on any atom is 0.241 e. The number of hydrogen-bond acceptors (Lipinski definition) is 4. The van der Waals surface area contributed by atoms with Gasteiger partial charge in [0.25, 0.3) is 0 Å². The molecule has 0 unspecified atom stereocenters. The van der Waals surface area contributed by atoms with E-state index in [0.29, 0.717) is 17.6 Å². The van der Waals surface area contributed by atoms with Gasteiger partial charge in [-0.25, -0.2) is 13.1 Å². The first-order valence-corrected chi connectivity index (χ1v) is 9.28. The lowest BCUT2D eigenvalue weighted by Gasteiger charge is -2.12. The number of halogens is 1.